The highest BCUT2D eigenvalue weighted by molar-refractivity contribution is 5.31. The molecule has 1 aromatic heterocycles. The third-order valence-electron chi connectivity index (χ3n) is 2.99. The summed E-state index contributed by atoms with van der Waals surface area (Å²) >= 11 is 0. The van der Waals surface area contributed by atoms with Crippen LogP contribution in [0.2, 0.25) is 0 Å². The van der Waals surface area contributed by atoms with Gasteiger partial charge in [0.15, 0.2) is 11.6 Å². The fourth-order valence-corrected chi connectivity index (χ4v) is 1.74. The van der Waals surface area contributed by atoms with Crippen LogP contribution in [0.4, 0.5) is 4.39 Å². The van der Waals surface area contributed by atoms with E-state index in [0.717, 1.165) is 24.0 Å². The minimum absolute atomic E-state index is 0.0968. The van der Waals surface area contributed by atoms with E-state index < -0.39 is 5.82 Å². The van der Waals surface area contributed by atoms with Crippen LogP contribution in [0.1, 0.15) is 24.5 Å². The molecule has 0 spiro atoms. The number of hydrogen-bond acceptors (Lipinski definition) is 4. The lowest BCUT2D eigenvalue weighted by atomic mass is 10.1. The normalized spacial score (nSPS) is 12.2. The van der Waals surface area contributed by atoms with Gasteiger partial charge in [-0.25, -0.2) is 14.4 Å². The molecule has 0 amide bonds. The maximum Gasteiger partial charge on any atom is 0.321 e. The van der Waals surface area contributed by atoms with E-state index in [-0.39, 0.29) is 17.8 Å². The second-order valence-electron chi connectivity index (χ2n) is 4.78. The van der Waals surface area contributed by atoms with Crippen molar-refractivity contribution in [3.63, 3.8) is 0 Å². The van der Waals surface area contributed by atoms with Crippen LogP contribution in [-0.4, -0.2) is 16.0 Å². The first-order valence-electron chi connectivity index (χ1n) is 6.59. The number of aryl methyl sites for hydroxylation is 1. The van der Waals surface area contributed by atoms with Crippen molar-refractivity contribution in [3.8, 4) is 11.8 Å². The number of aromatic nitrogens is 2. The Morgan fingerprint density at radius 2 is 2.00 bits per heavy atom. The molecule has 2 aromatic rings. The Bertz CT molecular complexity index is 572. The van der Waals surface area contributed by atoms with Crippen molar-refractivity contribution in [3.05, 3.63) is 47.5 Å². The fraction of sp³-hybridized carbons (Fsp3) is 0.333. The second-order valence-corrected chi connectivity index (χ2v) is 4.78. The Morgan fingerprint density at radius 1 is 1.30 bits per heavy atom. The van der Waals surface area contributed by atoms with Crippen LogP contribution in [0.3, 0.4) is 0 Å². The summed E-state index contributed by atoms with van der Waals surface area (Å²) in [7, 11) is 0. The van der Waals surface area contributed by atoms with Crippen molar-refractivity contribution in [2.45, 2.75) is 32.7 Å². The SMILES string of the molecule is CCC(N)Cc1cnc(Oc2cc(C)ccc2F)nc1. The monoisotopic (exact) mass is 275 g/mol. The van der Waals surface area contributed by atoms with E-state index in [4.69, 9.17) is 10.5 Å². The zero-order valence-corrected chi connectivity index (χ0v) is 11.6. The second kappa shape index (κ2) is 6.43. The van der Waals surface area contributed by atoms with Gasteiger partial charge in [0.1, 0.15) is 0 Å². The van der Waals surface area contributed by atoms with E-state index in [1.165, 1.54) is 6.07 Å². The Hall–Kier alpha value is -2.01. The highest BCUT2D eigenvalue weighted by Crippen LogP contribution is 2.22. The van der Waals surface area contributed by atoms with Gasteiger partial charge in [0.25, 0.3) is 0 Å². The third kappa shape index (κ3) is 3.74. The Kier molecular flexibility index (Phi) is 4.63. The van der Waals surface area contributed by atoms with E-state index >= 15 is 0 Å². The first-order valence-corrected chi connectivity index (χ1v) is 6.59. The van der Waals surface area contributed by atoms with Crippen LogP contribution in [0.25, 0.3) is 0 Å². The van der Waals surface area contributed by atoms with Gasteiger partial charge in [0.05, 0.1) is 0 Å². The summed E-state index contributed by atoms with van der Waals surface area (Å²) in [5.41, 5.74) is 7.72. The van der Waals surface area contributed by atoms with Gasteiger partial charge in [0.2, 0.25) is 0 Å². The average molecular weight is 275 g/mol. The average Bonchev–Trinajstić information content (AvgIpc) is 2.45. The lowest BCUT2D eigenvalue weighted by Gasteiger charge is -2.09. The highest BCUT2D eigenvalue weighted by Gasteiger charge is 2.08. The van der Waals surface area contributed by atoms with Crippen LogP contribution < -0.4 is 10.5 Å². The highest BCUT2D eigenvalue weighted by atomic mass is 19.1. The molecule has 1 atom stereocenters. The molecule has 2 rings (SSSR count). The molecule has 1 aromatic carbocycles. The molecule has 0 aliphatic heterocycles. The summed E-state index contributed by atoms with van der Waals surface area (Å²) < 4.78 is 18.9. The molecule has 0 radical (unpaired) electrons. The van der Waals surface area contributed by atoms with Crippen LogP contribution in [0.5, 0.6) is 11.8 Å². The lowest BCUT2D eigenvalue weighted by molar-refractivity contribution is 0.410. The molecule has 4 nitrogen and oxygen atoms in total. The molecule has 0 aliphatic rings. The Balaban J connectivity index is 2.09. The van der Waals surface area contributed by atoms with Crippen LogP contribution >= 0.6 is 0 Å². The molecule has 106 valence electrons. The minimum atomic E-state index is -0.434. The molecule has 5 heteroatoms. The fourth-order valence-electron chi connectivity index (χ4n) is 1.74. The first-order chi connectivity index (χ1) is 9.58. The largest absolute Gasteiger partial charge is 0.421 e. The number of rotatable bonds is 5. The van der Waals surface area contributed by atoms with Crippen molar-refractivity contribution in [1.29, 1.82) is 0 Å². The molecule has 0 fully saturated rings. The van der Waals surface area contributed by atoms with Crippen LogP contribution in [-0.2, 0) is 6.42 Å². The summed E-state index contributed by atoms with van der Waals surface area (Å²) in [6.07, 6.45) is 4.93. The van der Waals surface area contributed by atoms with E-state index in [1.807, 2.05) is 13.8 Å². The van der Waals surface area contributed by atoms with Gasteiger partial charge in [-0.05, 0) is 43.0 Å². The molecule has 20 heavy (non-hydrogen) atoms. The topological polar surface area (TPSA) is 61.0 Å². The first kappa shape index (κ1) is 14.4. The van der Waals surface area contributed by atoms with E-state index in [0.29, 0.717) is 0 Å². The summed E-state index contributed by atoms with van der Waals surface area (Å²) in [4.78, 5) is 8.15. The third-order valence-corrected chi connectivity index (χ3v) is 2.99. The van der Waals surface area contributed by atoms with Crippen molar-refractivity contribution in [1.82, 2.24) is 9.97 Å². The summed E-state index contributed by atoms with van der Waals surface area (Å²) in [5.74, 6) is -0.306. The summed E-state index contributed by atoms with van der Waals surface area (Å²) in [6, 6.07) is 4.87. The molecule has 1 heterocycles. The van der Waals surface area contributed by atoms with E-state index in [9.17, 15) is 4.39 Å². The summed E-state index contributed by atoms with van der Waals surface area (Å²) in [6.45, 7) is 3.89. The van der Waals surface area contributed by atoms with Crippen molar-refractivity contribution < 1.29 is 9.13 Å². The maximum atomic E-state index is 13.6. The van der Waals surface area contributed by atoms with Crippen molar-refractivity contribution >= 4 is 0 Å². The van der Waals surface area contributed by atoms with E-state index in [2.05, 4.69) is 9.97 Å². The van der Waals surface area contributed by atoms with Crippen LogP contribution in [0, 0.1) is 12.7 Å². The molecule has 0 saturated heterocycles. The van der Waals surface area contributed by atoms with E-state index in [1.54, 1.807) is 24.5 Å². The van der Waals surface area contributed by atoms with Gasteiger partial charge < -0.3 is 10.5 Å². The van der Waals surface area contributed by atoms with Crippen molar-refractivity contribution in [2.75, 3.05) is 0 Å². The van der Waals surface area contributed by atoms with Gasteiger partial charge in [-0.2, -0.15) is 0 Å². The molecular weight excluding hydrogens is 257 g/mol. The number of ether oxygens (including phenoxy) is 1. The van der Waals surface area contributed by atoms with Gasteiger partial charge in [-0.3, -0.25) is 0 Å². The molecular formula is C15H18FN3O. The lowest BCUT2D eigenvalue weighted by Crippen LogP contribution is -2.21. The maximum absolute atomic E-state index is 13.6. The van der Waals surface area contributed by atoms with Gasteiger partial charge >= 0.3 is 6.01 Å². The molecule has 0 aliphatic carbocycles. The number of hydrogen-bond donors (Lipinski definition) is 1. The molecule has 1 unspecified atom stereocenters. The number of halogens is 1. The smallest absolute Gasteiger partial charge is 0.321 e. The zero-order valence-electron chi connectivity index (χ0n) is 11.6. The number of nitrogens with two attached hydrogens (primary N) is 1. The van der Waals surface area contributed by atoms with Gasteiger partial charge in [-0.1, -0.05) is 13.0 Å². The Morgan fingerprint density at radius 3 is 2.65 bits per heavy atom. The number of nitrogens with zero attached hydrogens (tertiary/aromatic N) is 2. The standard InChI is InChI=1S/C15H18FN3O/c1-3-12(17)7-11-8-18-15(19-9-11)20-14-6-10(2)4-5-13(14)16/h4-6,8-9,12H,3,7,17H2,1-2H3. The van der Waals surface area contributed by atoms with Gasteiger partial charge in [0, 0.05) is 18.4 Å². The minimum Gasteiger partial charge on any atom is -0.421 e. The van der Waals surface area contributed by atoms with Gasteiger partial charge in [-0.15, -0.1) is 0 Å². The Labute approximate surface area is 117 Å². The number of benzene rings is 1. The predicted octanol–water partition coefficient (Wildman–Crippen LogP) is 3.00. The predicted molar refractivity (Wildman–Crippen MR) is 75.2 cm³/mol. The van der Waals surface area contributed by atoms with Crippen LogP contribution in [0.15, 0.2) is 30.6 Å². The summed E-state index contributed by atoms with van der Waals surface area (Å²) in [5, 5.41) is 0. The quantitative estimate of drug-likeness (QED) is 0.911. The zero-order chi connectivity index (χ0) is 14.5. The molecule has 0 bridgehead atoms. The molecule has 2 N–H and O–H groups in total. The van der Waals surface area contributed by atoms with Crippen molar-refractivity contribution in [2.24, 2.45) is 5.73 Å². The molecule has 0 saturated carbocycles.